The Kier molecular flexibility index (Phi) is 7.76. The van der Waals surface area contributed by atoms with Gasteiger partial charge in [-0.2, -0.15) is 0 Å². The van der Waals surface area contributed by atoms with E-state index in [4.69, 9.17) is 21.1 Å². The second-order valence-electron chi connectivity index (χ2n) is 7.72. The summed E-state index contributed by atoms with van der Waals surface area (Å²) in [7, 11) is 1.56. The first kappa shape index (κ1) is 23.8. The number of hydrogen-bond acceptors (Lipinski definition) is 8. The third kappa shape index (κ3) is 5.79. The number of nitrogens with zero attached hydrogens (tertiary/aromatic N) is 4. The maximum absolute atomic E-state index is 12.6. The van der Waals surface area contributed by atoms with Crippen molar-refractivity contribution in [1.29, 1.82) is 0 Å². The quantitative estimate of drug-likeness (QED) is 0.421. The number of morpholine rings is 1. The lowest BCUT2D eigenvalue weighted by atomic mass is 10.3. The number of aromatic amines is 1. The van der Waals surface area contributed by atoms with Crippen molar-refractivity contribution < 1.29 is 14.6 Å². The van der Waals surface area contributed by atoms with Crippen molar-refractivity contribution in [2.75, 3.05) is 45.2 Å². The van der Waals surface area contributed by atoms with Crippen LogP contribution in [-0.2, 0) is 18.3 Å². The fraction of sp³-hybridized carbons (Fsp3) is 0.476. The summed E-state index contributed by atoms with van der Waals surface area (Å²) in [4.78, 5) is 33.8. The smallest absolute Gasteiger partial charge is 0.329 e. The van der Waals surface area contributed by atoms with Gasteiger partial charge in [0.2, 0.25) is 0 Å². The maximum atomic E-state index is 12.6. The molecule has 4 rings (SSSR count). The molecule has 3 heterocycles. The van der Waals surface area contributed by atoms with Gasteiger partial charge in [0.1, 0.15) is 18.5 Å². The summed E-state index contributed by atoms with van der Waals surface area (Å²) >= 11 is 7.37. The van der Waals surface area contributed by atoms with E-state index < -0.39 is 17.4 Å². The standard InChI is InChI=1S/C21H26ClN5O5S/c1-25-18-17(19(29)24-20(25)30)27(12-15(28)13-32-16-4-2-14(22)3-5-16)21(23-18)33-11-8-26-6-9-31-10-7-26/h2-5,15,28H,6-13H2,1H3,(H,24,29,30). The maximum Gasteiger partial charge on any atom is 0.329 e. The molecular weight excluding hydrogens is 470 g/mol. The average molecular weight is 496 g/mol. The van der Waals surface area contributed by atoms with E-state index in [1.54, 1.807) is 35.9 Å². The lowest BCUT2D eigenvalue weighted by Crippen LogP contribution is -2.37. The van der Waals surface area contributed by atoms with Crippen molar-refractivity contribution in [3.63, 3.8) is 0 Å². The van der Waals surface area contributed by atoms with Crippen LogP contribution in [0.1, 0.15) is 0 Å². The number of benzene rings is 1. The molecule has 1 aromatic carbocycles. The van der Waals surface area contributed by atoms with E-state index in [0.29, 0.717) is 15.9 Å². The minimum absolute atomic E-state index is 0.0167. The Balaban J connectivity index is 1.52. The Morgan fingerprint density at radius 3 is 2.73 bits per heavy atom. The number of aliphatic hydroxyl groups excluding tert-OH is 1. The monoisotopic (exact) mass is 495 g/mol. The van der Waals surface area contributed by atoms with E-state index in [1.807, 2.05) is 0 Å². The van der Waals surface area contributed by atoms with Crippen molar-refractivity contribution in [2.24, 2.45) is 7.05 Å². The van der Waals surface area contributed by atoms with E-state index in [0.717, 1.165) is 38.6 Å². The number of ether oxygens (including phenoxy) is 2. The highest BCUT2D eigenvalue weighted by molar-refractivity contribution is 7.99. The number of aromatic nitrogens is 4. The summed E-state index contributed by atoms with van der Waals surface area (Å²) in [6, 6.07) is 6.84. The summed E-state index contributed by atoms with van der Waals surface area (Å²) in [6.45, 7) is 4.15. The first-order chi connectivity index (χ1) is 15.9. The Labute approximate surface area is 199 Å². The summed E-state index contributed by atoms with van der Waals surface area (Å²) in [5, 5.41) is 11.8. The molecule has 1 fully saturated rings. The highest BCUT2D eigenvalue weighted by atomic mass is 35.5. The molecule has 1 saturated heterocycles. The third-order valence-electron chi connectivity index (χ3n) is 5.36. The second-order valence-corrected chi connectivity index (χ2v) is 9.22. The summed E-state index contributed by atoms with van der Waals surface area (Å²) in [6.07, 6.45) is -0.909. The van der Waals surface area contributed by atoms with Gasteiger partial charge in [-0.1, -0.05) is 23.4 Å². The van der Waals surface area contributed by atoms with Gasteiger partial charge in [-0.15, -0.1) is 0 Å². The first-order valence-electron chi connectivity index (χ1n) is 10.6. The predicted molar refractivity (Wildman–Crippen MR) is 127 cm³/mol. The van der Waals surface area contributed by atoms with Crippen LogP contribution >= 0.6 is 23.4 Å². The lowest BCUT2D eigenvalue weighted by molar-refractivity contribution is 0.0410. The number of halogens is 1. The molecule has 0 bridgehead atoms. The van der Waals surface area contributed by atoms with Crippen LogP contribution in [0, 0.1) is 0 Å². The van der Waals surface area contributed by atoms with Crippen LogP contribution < -0.4 is 16.0 Å². The Morgan fingerprint density at radius 1 is 1.27 bits per heavy atom. The minimum atomic E-state index is -0.909. The first-order valence-corrected chi connectivity index (χ1v) is 12.0. The molecule has 178 valence electrons. The van der Waals surface area contributed by atoms with E-state index in [-0.39, 0.29) is 24.3 Å². The molecule has 1 aliphatic rings. The number of aliphatic hydroxyl groups is 1. The van der Waals surface area contributed by atoms with Gasteiger partial charge in [-0.3, -0.25) is 19.2 Å². The number of fused-ring (bicyclic) bond motifs is 1. The minimum Gasteiger partial charge on any atom is -0.491 e. The van der Waals surface area contributed by atoms with Crippen molar-refractivity contribution >= 4 is 34.5 Å². The molecule has 0 radical (unpaired) electrons. The van der Waals surface area contributed by atoms with Gasteiger partial charge < -0.3 is 19.1 Å². The van der Waals surface area contributed by atoms with Gasteiger partial charge in [-0.25, -0.2) is 9.78 Å². The lowest BCUT2D eigenvalue weighted by Gasteiger charge is -2.26. The zero-order valence-corrected chi connectivity index (χ0v) is 19.8. The van der Waals surface area contributed by atoms with Gasteiger partial charge in [0.15, 0.2) is 16.3 Å². The van der Waals surface area contributed by atoms with E-state index >= 15 is 0 Å². The number of hydrogen-bond donors (Lipinski definition) is 2. The molecule has 0 spiro atoms. The molecule has 0 amide bonds. The van der Waals surface area contributed by atoms with Crippen molar-refractivity contribution in [1.82, 2.24) is 24.0 Å². The molecule has 10 nitrogen and oxygen atoms in total. The van der Waals surface area contributed by atoms with Gasteiger partial charge in [0, 0.05) is 37.5 Å². The number of H-pyrrole nitrogens is 1. The topological polar surface area (TPSA) is 115 Å². The molecular formula is C21H26ClN5O5S. The largest absolute Gasteiger partial charge is 0.491 e. The van der Waals surface area contributed by atoms with Crippen LogP contribution in [0.4, 0.5) is 0 Å². The number of imidazole rings is 1. The zero-order chi connectivity index (χ0) is 23.4. The van der Waals surface area contributed by atoms with Crippen molar-refractivity contribution in [3.8, 4) is 5.75 Å². The summed E-state index contributed by atoms with van der Waals surface area (Å²) in [5.74, 6) is 1.32. The molecule has 2 N–H and O–H groups in total. The van der Waals surface area contributed by atoms with Gasteiger partial charge in [0.05, 0.1) is 19.8 Å². The second kappa shape index (κ2) is 10.7. The molecule has 1 atom stereocenters. The molecule has 12 heteroatoms. The van der Waals surface area contributed by atoms with Crippen LogP contribution in [0.15, 0.2) is 39.0 Å². The molecule has 0 saturated carbocycles. The highest BCUT2D eigenvalue weighted by Crippen LogP contribution is 2.23. The van der Waals surface area contributed by atoms with E-state index in [1.165, 1.54) is 16.3 Å². The number of nitrogens with one attached hydrogen (secondary N) is 1. The van der Waals surface area contributed by atoms with Crippen LogP contribution in [0.25, 0.3) is 11.2 Å². The van der Waals surface area contributed by atoms with Crippen molar-refractivity contribution in [2.45, 2.75) is 17.8 Å². The number of aryl methyl sites for hydroxylation is 1. The van der Waals surface area contributed by atoms with Crippen molar-refractivity contribution in [3.05, 3.63) is 50.1 Å². The molecule has 0 aliphatic carbocycles. The van der Waals surface area contributed by atoms with Crippen LogP contribution in [-0.4, -0.2) is 80.4 Å². The molecule has 2 aromatic heterocycles. The van der Waals surface area contributed by atoms with E-state index in [9.17, 15) is 14.7 Å². The average Bonchev–Trinajstić information content (AvgIpc) is 3.16. The fourth-order valence-electron chi connectivity index (χ4n) is 3.57. The Bertz CT molecular complexity index is 1200. The fourth-order valence-corrected chi connectivity index (χ4v) is 4.70. The van der Waals surface area contributed by atoms with Crippen LogP contribution in [0.5, 0.6) is 5.75 Å². The zero-order valence-electron chi connectivity index (χ0n) is 18.2. The number of thioether (sulfide) groups is 1. The molecule has 1 aliphatic heterocycles. The van der Waals surface area contributed by atoms with Gasteiger partial charge in [0.25, 0.3) is 5.56 Å². The summed E-state index contributed by atoms with van der Waals surface area (Å²) in [5.41, 5.74) is -0.542. The third-order valence-corrected chi connectivity index (χ3v) is 6.57. The van der Waals surface area contributed by atoms with Crippen LogP contribution in [0.2, 0.25) is 5.02 Å². The molecule has 1 unspecified atom stereocenters. The van der Waals surface area contributed by atoms with Gasteiger partial charge >= 0.3 is 5.69 Å². The number of rotatable bonds is 9. The van der Waals surface area contributed by atoms with Crippen LogP contribution in [0.3, 0.4) is 0 Å². The SMILES string of the molecule is Cn1c(=O)[nH]c(=O)c2c1nc(SCCN1CCOCC1)n2CC(O)COc1ccc(Cl)cc1. The Hall–Kier alpha value is -2.31. The Morgan fingerprint density at radius 2 is 2.00 bits per heavy atom. The van der Waals surface area contributed by atoms with Gasteiger partial charge in [-0.05, 0) is 24.3 Å². The normalized spacial score (nSPS) is 15.7. The van der Waals surface area contributed by atoms with E-state index in [2.05, 4.69) is 14.9 Å². The molecule has 33 heavy (non-hydrogen) atoms. The highest BCUT2D eigenvalue weighted by Gasteiger charge is 2.21. The predicted octanol–water partition coefficient (Wildman–Crippen LogP) is 0.941. The summed E-state index contributed by atoms with van der Waals surface area (Å²) < 4.78 is 14.0. The molecule has 3 aromatic rings.